The molecule has 3 N–H and O–H groups in total. The van der Waals surface area contributed by atoms with Crippen molar-refractivity contribution in [1.29, 1.82) is 0 Å². The average Bonchev–Trinajstić information content (AvgIpc) is 4.11. The van der Waals surface area contributed by atoms with Gasteiger partial charge in [-0.15, -0.1) is 0 Å². The number of anilines is 2. The number of amides is 2. The number of benzene rings is 3. The Morgan fingerprint density at radius 1 is 0.886 bits per heavy atom. The number of pyridine rings is 1. The molecule has 70 heavy (non-hydrogen) atoms. The molecular formula is C54H65F2N9O5. The molecule has 16 heteroatoms. The van der Waals surface area contributed by atoms with Gasteiger partial charge in [-0.05, 0) is 130 Å². The second kappa shape index (κ2) is 18.9. The third-order valence-corrected chi connectivity index (χ3v) is 16.3. The number of halogens is 2. The topological polar surface area (TPSA) is 151 Å². The van der Waals surface area contributed by atoms with Crippen LogP contribution in [0.3, 0.4) is 0 Å². The maximum absolute atomic E-state index is 17.1. The zero-order chi connectivity index (χ0) is 48.3. The van der Waals surface area contributed by atoms with E-state index < -0.39 is 17.2 Å². The summed E-state index contributed by atoms with van der Waals surface area (Å²) in [6, 6.07) is 14.9. The predicted octanol–water partition coefficient (Wildman–Crippen LogP) is 6.64. The summed E-state index contributed by atoms with van der Waals surface area (Å²) >= 11 is 0. The minimum Gasteiger partial charge on any atom is -0.508 e. The van der Waals surface area contributed by atoms with E-state index in [0.29, 0.717) is 84.9 Å². The number of carbonyl (C=O) groups is 2. The number of piperazine rings is 1. The highest BCUT2D eigenvalue weighted by atomic mass is 19.1. The molecule has 2 aromatic heterocycles. The van der Waals surface area contributed by atoms with Crippen LogP contribution in [0.5, 0.6) is 11.8 Å². The number of piperidine rings is 3. The number of β-amino-alcohol motifs (C(OH)–C–C–N with tert-alkyl or cyclic N) is 1. The molecule has 6 fully saturated rings. The van der Waals surface area contributed by atoms with Gasteiger partial charge in [-0.1, -0.05) is 25.1 Å². The Morgan fingerprint density at radius 3 is 2.37 bits per heavy atom. The molecule has 5 aromatic rings. The van der Waals surface area contributed by atoms with E-state index in [1.165, 1.54) is 17.8 Å². The molecule has 0 bridgehead atoms. The smallest absolute Gasteiger partial charge is 0.319 e. The van der Waals surface area contributed by atoms with Crippen molar-refractivity contribution in [1.82, 2.24) is 35.0 Å². The number of fused-ring (bicyclic) bond motifs is 2. The number of aromatic nitrogens is 3. The number of nitrogens with zero attached hydrogens (tertiary/aromatic N) is 8. The molecule has 1 aliphatic carbocycles. The van der Waals surface area contributed by atoms with Crippen LogP contribution in [0, 0.1) is 23.0 Å². The summed E-state index contributed by atoms with van der Waals surface area (Å²) in [4.78, 5) is 50.4. The van der Waals surface area contributed by atoms with Crippen LogP contribution in [0.15, 0.2) is 54.7 Å². The lowest BCUT2D eigenvalue weighted by Crippen LogP contribution is -2.59. The van der Waals surface area contributed by atoms with Crippen LogP contribution in [0.2, 0.25) is 0 Å². The third-order valence-electron chi connectivity index (χ3n) is 16.3. The number of imide groups is 1. The standard InChI is InChI=1S/C54H65F2N9O5/c1-3-40-44(55)11-7-36-25-39(66)26-42(46(36)40)48-47(56)49-43(27-57-48)50(64-18-4-15-53(2,69)31-64)60-52(59-49)70-33-54(16-17-54)32-62-19-13-38(14-20-62)65-29-34(30-65)28-61-21-23-63(24-22-61)37-8-5-35(6-9-37)41-10-12-45(67)58-51(41)68/h5-9,11,25-27,34,38,41,66,69H,3-4,10,12-24,28-33H2,1-2H3,(H,58,67,68)/t41?,53-/m1/s1. The van der Waals surface area contributed by atoms with E-state index in [9.17, 15) is 19.8 Å². The van der Waals surface area contributed by atoms with Crippen LogP contribution in [0.4, 0.5) is 20.3 Å². The molecule has 2 amide bonds. The molecule has 6 aliphatic rings. The van der Waals surface area contributed by atoms with E-state index in [1.807, 2.05) is 24.0 Å². The van der Waals surface area contributed by atoms with Gasteiger partial charge in [-0.3, -0.25) is 29.7 Å². The van der Waals surface area contributed by atoms with Crippen molar-refractivity contribution in [3.63, 3.8) is 0 Å². The molecule has 11 rings (SSSR count). The second-order valence-electron chi connectivity index (χ2n) is 21.5. The molecule has 1 unspecified atom stereocenters. The molecule has 0 spiro atoms. The first-order valence-electron chi connectivity index (χ1n) is 25.6. The van der Waals surface area contributed by atoms with Gasteiger partial charge in [0.05, 0.1) is 23.5 Å². The summed E-state index contributed by atoms with van der Waals surface area (Å²) < 4.78 is 38.8. The Bertz CT molecular complexity index is 2790. The van der Waals surface area contributed by atoms with Crippen LogP contribution in [-0.4, -0.2) is 148 Å². The first-order chi connectivity index (χ1) is 33.8. The number of phenols is 1. The summed E-state index contributed by atoms with van der Waals surface area (Å²) in [5.74, 6) is -0.671. The van der Waals surface area contributed by atoms with E-state index in [-0.39, 0.29) is 51.7 Å². The summed E-state index contributed by atoms with van der Waals surface area (Å²) in [5.41, 5.74) is 1.85. The molecular weight excluding hydrogens is 893 g/mol. The van der Waals surface area contributed by atoms with Gasteiger partial charge in [0.25, 0.3) is 0 Å². The van der Waals surface area contributed by atoms with Gasteiger partial charge >= 0.3 is 6.01 Å². The van der Waals surface area contributed by atoms with Gasteiger partial charge in [0.2, 0.25) is 11.8 Å². The number of likely N-dealkylation sites (tertiary alicyclic amines) is 2. The lowest BCUT2D eigenvalue weighted by Gasteiger charge is -2.49. The second-order valence-corrected chi connectivity index (χ2v) is 21.5. The minimum atomic E-state index is -0.955. The largest absolute Gasteiger partial charge is 0.508 e. The summed E-state index contributed by atoms with van der Waals surface area (Å²) in [6.45, 7) is 15.5. The highest BCUT2D eigenvalue weighted by molar-refractivity contribution is 6.02. The summed E-state index contributed by atoms with van der Waals surface area (Å²) in [6.07, 6.45) is 8.61. The first kappa shape index (κ1) is 46.8. The number of aromatic hydroxyl groups is 1. The zero-order valence-corrected chi connectivity index (χ0v) is 40.4. The SMILES string of the molecule is CCc1c(F)ccc2cc(O)cc(-c3ncc4c(N5CCC[C@@](C)(O)C5)nc(OCC5(CN6CCC(N7CC(CN8CCN(c9ccc(C%10CCC(=O)NC%10=O)cc9)CC8)C7)CC6)CC5)nc4c3F)c12. The van der Waals surface area contributed by atoms with Crippen LogP contribution >= 0.6 is 0 Å². The van der Waals surface area contributed by atoms with Crippen molar-refractivity contribution >= 4 is 45.0 Å². The van der Waals surface area contributed by atoms with E-state index in [4.69, 9.17) is 14.7 Å². The molecule has 7 heterocycles. The zero-order valence-electron chi connectivity index (χ0n) is 40.4. The van der Waals surface area contributed by atoms with E-state index >= 15 is 8.78 Å². The Kier molecular flexibility index (Phi) is 12.6. The number of aliphatic hydroxyl groups is 1. The van der Waals surface area contributed by atoms with E-state index in [2.05, 4.69) is 42.0 Å². The van der Waals surface area contributed by atoms with E-state index in [1.54, 1.807) is 25.3 Å². The lowest BCUT2D eigenvalue weighted by atomic mass is 9.90. The van der Waals surface area contributed by atoms with Crippen LogP contribution in [-0.2, 0) is 16.0 Å². The van der Waals surface area contributed by atoms with Gasteiger partial charge in [0.15, 0.2) is 5.82 Å². The monoisotopic (exact) mass is 958 g/mol. The van der Waals surface area contributed by atoms with Crippen LogP contribution in [0.1, 0.15) is 82.3 Å². The van der Waals surface area contributed by atoms with Crippen molar-refractivity contribution in [3.8, 4) is 23.0 Å². The average molecular weight is 958 g/mol. The fraction of sp³-hybridized carbons (Fsp3) is 0.537. The maximum atomic E-state index is 17.1. The Labute approximate surface area is 408 Å². The maximum Gasteiger partial charge on any atom is 0.319 e. The number of ether oxygens (including phenoxy) is 1. The van der Waals surface area contributed by atoms with Gasteiger partial charge in [-0.25, -0.2) is 8.78 Å². The highest BCUT2D eigenvalue weighted by Crippen LogP contribution is 2.47. The lowest BCUT2D eigenvalue weighted by molar-refractivity contribution is -0.134. The summed E-state index contributed by atoms with van der Waals surface area (Å²) in [5, 5.41) is 25.8. The molecule has 14 nitrogen and oxygen atoms in total. The first-order valence-corrected chi connectivity index (χ1v) is 25.6. The number of hydrogen-bond acceptors (Lipinski definition) is 13. The molecule has 5 aliphatic heterocycles. The predicted molar refractivity (Wildman–Crippen MR) is 265 cm³/mol. The van der Waals surface area contributed by atoms with Crippen molar-refractivity contribution < 1.29 is 33.3 Å². The number of hydrogen-bond donors (Lipinski definition) is 3. The van der Waals surface area contributed by atoms with Crippen molar-refractivity contribution in [2.45, 2.75) is 89.2 Å². The molecule has 5 saturated heterocycles. The van der Waals surface area contributed by atoms with E-state index in [0.717, 1.165) is 103 Å². The number of phenolic OH excluding ortho intramolecular Hbond substituents is 1. The number of rotatable bonds is 13. The molecule has 370 valence electrons. The molecule has 3 aromatic carbocycles. The third kappa shape index (κ3) is 9.51. The van der Waals surface area contributed by atoms with Crippen molar-refractivity contribution in [3.05, 3.63) is 77.5 Å². The Balaban J connectivity index is 0.694. The normalized spacial score (nSPS) is 24.0. The molecule has 0 radical (unpaired) electrons. The quantitative estimate of drug-likeness (QED) is 0.108. The van der Waals surface area contributed by atoms with Crippen LogP contribution < -0.4 is 19.9 Å². The number of nitrogens with one attached hydrogen (secondary N) is 1. The van der Waals surface area contributed by atoms with Crippen molar-refractivity contribution in [2.75, 3.05) is 94.9 Å². The molecule has 2 atom stereocenters. The fourth-order valence-electron chi connectivity index (χ4n) is 12.1. The highest BCUT2D eigenvalue weighted by Gasteiger charge is 2.46. The van der Waals surface area contributed by atoms with Gasteiger partial charge in [0.1, 0.15) is 28.6 Å². The summed E-state index contributed by atoms with van der Waals surface area (Å²) in [7, 11) is 0. The number of aryl methyl sites for hydroxylation is 1. The van der Waals surface area contributed by atoms with Gasteiger partial charge < -0.3 is 29.6 Å². The van der Waals surface area contributed by atoms with Gasteiger partial charge in [-0.2, -0.15) is 9.97 Å². The molecule has 1 saturated carbocycles. The van der Waals surface area contributed by atoms with Gasteiger partial charge in [0, 0.05) is 101 Å². The van der Waals surface area contributed by atoms with Crippen LogP contribution in [0.25, 0.3) is 32.9 Å². The fourth-order valence-corrected chi connectivity index (χ4v) is 12.1. The Morgan fingerprint density at radius 2 is 1.66 bits per heavy atom. The Hall–Kier alpha value is -5.55. The number of carbonyl (C=O) groups excluding carboxylic acids is 2. The minimum absolute atomic E-state index is 0.0246. The van der Waals surface area contributed by atoms with Crippen molar-refractivity contribution in [2.24, 2.45) is 11.3 Å².